The minimum absolute atomic E-state index is 0.0243. The molecule has 0 aliphatic heterocycles. The van der Waals surface area contributed by atoms with Gasteiger partial charge in [0.2, 0.25) is 5.91 Å². The van der Waals surface area contributed by atoms with Crippen LogP contribution in [0.5, 0.6) is 0 Å². The zero-order chi connectivity index (χ0) is 22.1. The highest BCUT2D eigenvalue weighted by Gasteiger charge is 2.20. The third kappa shape index (κ3) is 7.14. The lowest BCUT2D eigenvalue weighted by molar-refractivity contribution is -0.118. The summed E-state index contributed by atoms with van der Waals surface area (Å²) in [4.78, 5) is 28.0. The van der Waals surface area contributed by atoms with Crippen molar-refractivity contribution in [3.63, 3.8) is 0 Å². The van der Waals surface area contributed by atoms with E-state index in [1.807, 2.05) is 49.3 Å². The monoisotopic (exact) mass is 443 g/mol. The first kappa shape index (κ1) is 23.4. The Bertz CT molecular complexity index is 832. The molecule has 1 unspecified atom stereocenters. The van der Waals surface area contributed by atoms with Gasteiger partial charge in [-0.3, -0.25) is 14.5 Å². The highest BCUT2D eigenvalue weighted by molar-refractivity contribution is 8.00. The third-order valence-electron chi connectivity index (χ3n) is 5.75. The second kappa shape index (κ2) is 12.0. The lowest BCUT2D eigenvalue weighted by atomic mass is 9.89. The molecule has 2 N–H and O–H groups in total. The molecule has 1 atom stereocenters. The Hall–Kier alpha value is -2.25. The largest absolute Gasteiger partial charge is 0.468 e. The van der Waals surface area contributed by atoms with E-state index in [0.717, 1.165) is 17.2 Å². The van der Waals surface area contributed by atoms with Crippen molar-refractivity contribution in [1.82, 2.24) is 15.5 Å². The maximum atomic E-state index is 12.9. The molecule has 0 saturated heterocycles. The Morgan fingerprint density at radius 1 is 1.10 bits per heavy atom. The van der Waals surface area contributed by atoms with Crippen LogP contribution in [0.1, 0.15) is 54.3 Å². The van der Waals surface area contributed by atoms with Gasteiger partial charge in [-0.25, -0.2) is 0 Å². The molecular weight excluding hydrogens is 410 g/mol. The van der Waals surface area contributed by atoms with Gasteiger partial charge in [-0.2, -0.15) is 0 Å². The van der Waals surface area contributed by atoms with E-state index in [-0.39, 0.29) is 17.9 Å². The number of carbonyl (C=O) groups excluding carboxylic acids is 2. The van der Waals surface area contributed by atoms with Crippen LogP contribution >= 0.6 is 11.8 Å². The van der Waals surface area contributed by atoms with Crippen LogP contribution in [0.15, 0.2) is 52.0 Å². The first-order valence-electron chi connectivity index (χ1n) is 11.0. The van der Waals surface area contributed by atoms with Crippen molar-refractivity contribution in [1.29, 1.82) is 0 Å². The number of furan rings is 1. The summed E-state index contributed by atoms with van der Waals surface area (Å²) in [7, 11) is 3.91. The zero-order valence-corrected chi connectivity index (χ0v) is 19.2. The van der Waals surface area contributed by atoms with Gasteiger partial charge in [-0.1, -0.05) is 31.4 Å². The molecule has 31 heavy (non-hydrogen) atoms. The molecule has 7 heteroatoms. The van der Waals surface area contributed by atoms with Crippen molar-refractivity contribution in [3.05, 3.63) is 54.0 Å². The summed E-state index contributed by atoms with van der Waals surface area (Å²) >= 11 is 1.41. The molecule has 3 rings (SSSR count). The van der Waals surface area contributed by atoms with Crippen LogP contribution in [0.4, 0.5) is 0 Å². The number of benzene rings is 1. The standard InChI is InChI=1S/C24H33N3O3S/c1-27(2)20(21-12-8-14-30-21)16-26-24(29)19-11-6-7-13-22(19)31-17-23(28)25-15-18-9-4-3-5-10-18/h6-8,11-14,18,20H,3-5,9-10,15-17H2,1-2H3,(H,25,28)(H,26,29). The molecule has 1 aliphatic carbocycles. The summed E-state index contributed by atoms with van der Waals surface area (Å²) in [6, 6.07) is 11.1. The van der Waals surface area contributed by atoms with Crippen molar-refractivity contribution in [2.45, 2.75) is 43.0 Å². The summed E-state index contributed by atoms with van der Waals surface area (Å²) in [5, 5.41) is 6.07. The van der Waals surface area contributed by atoms with E-state index in [0.29, 0.717) is 23.8 Å². The van der Waals surface area contributed by atoms with Crippen molar-refractivity contribution < 1.29 is 14.0 Å². The van der Waals surface area contributed by atoms with Crippen LogP contribution in [-0.4, -0.2) is 49.7 Å². The summed E-state index contributed by atoms with van der Waals surface area (Å²) in [6.45, 7) is 1.19. The molecule has 1 aromatic carbocycles. The number of hydrogen-bond donors (Lipinski definition) is 2. The first-order valence-corrected chi connectivity index (χ1v) is 12.0. The minimum atomic E-state index is -0.149. The van der Waals surface area contributed by atoms with Gasteiger partial charge < -0.3 is 15.1 Å². The summed E-state index contributed by atoms with van der Waals surface area (Å²) < 4.78 is 5.51. The topological polar surface area (TPSA) is 74.6 Å². The van der Waals surface area contributed by atoms with Crippen molar-refractivity contribution in [2.75, 3.05) is 32.9 Å². The van der Waals surface area contributed by atoms with Crippen LogP contribution in [0.25, 0.3) is 0 Å². The Morgan fingerprint density at radius 2 is 1.87 bits per heavy atom. The number of nitrogens with one attached hydrogen (secondary N) is 2. The van der Waals surface area contributed by atoms with Gasteiger partial charge in [0, 0.05) is 18.0 Å². The molecule has 2 aromatic rings. The number of carbonyl (C=O) groups is 2. The van der Waals surface area contributed by atoms with Gasteiger partial charge in [0.25, 0.3) is 5.91 Å². The molecule has 168 valence electrons. The van der Waals surface area contributed by atoms with Crippen LogP contribution in [0, 0.1) is 5.92 Å². The minimum Gasteiger partial charge on any atom is -0.468 e. The number of nitrogens with zero attached hydrogens (tertiary/aromatic N) is 1. The van der Waals surface area contributed by atoms with Gasteiger partial charge in [0.1, 0.15) is 5.76 Å². The number of amides is 2. The average Bonchev–Trinajstić information content (AvgIpc) is 3.31. The third-order valence-corrected chi connectivity index (χ3v) is 6.83. The van der Waals surface area contributed by atoms with E-state index < -0.39 is 0 Å². The maximum absolute atomic E-state index is 12.9. The molecule has 0 bridgehead atoms. The fourth-order valence-electron chi connectivity index (χ4n) is 3.93. The first-order chi connectivity index (χ1) is 15.0. The lowest BCUT2D eigenvalue weighted by Crippen LogP contribution is -2.34. The number of rotatable bonds is 10. The van der Waals surface area contributed by atoms with Crippen LogP contribution in [0.3, 0.4) is 0 Å². The SMILES string of the molecule is CN(C)C(CNC(=O)c1ccccc1SCC(=O)NCC1CCCCC1)c1ccco1. The molecule has 0 radical (unpaired) electrons. The van der Waals surface area contributed by atoms with Crippen molar-refractivity contribution in [3.8, 4) is 0 Å². The fourth-order valence-corrected chi connectivity index (χ4v) is 4.81. The van der Waals surface area contributed by atoms with E-state index in [9.17, 15) is 9.59 Å². The summed E-state index contributed by atoms with van der Waals surface area (Å²) in [5.74, 6) is 1.60. The Morgan fingerprint density at radius 3 is 2.58 bits per heavy atom. The highest BCUT2D eigenvalue weighted by Crippen LogP contribution is 2.25. The van der Waals surface area contributed by atoms with E-state index in [1.165, 1.54) is 43.9 Å². The molecule has 6 nitrogen and oxygen atoms in total. The molecule has 1 aliphatic rings. The molecular formula is C24H33N3O3S. The summed E-state index contributed by atoms with van der Waals surface area (Å²) in [5.41, 5.74) is 0.588. The van der Waals surface area contributed by atoms with Crippen molar-refractivity contribution in [2.24, 2.45) is 5.92 Å². The number of likely N-dealkylation sites (N-methyl/N-ethyl adjacent to an activating group) is 1. The molecule has 1 fully saturated rings. The van der Waals surface area contributed by atoms with Gasteiger partial charge in [0.15, 0.2) is 0 Å². The number of hydrogen-bond acceptors (Lipinski definition) is 5. The van der Waals surface area contributed by atoms with Crippen LogP contribution in [0.2, 0.25) is 0 Å². The fraction of sp³-hybridized carbons (Fsp3) is 0.500. The quantitative estimate of drug-likeness (QED) is 0.541. The lowest BCUT2D eigenvalue weighted by Gasteiger charge is -2.23. The van der Waals surface area contributed by atoms with Gasteiger partial charge in [-0.15, -0.1) is 11.8 Å². The van der Waals surface area contributed by atoms with Gasteiger partial charge in [-0.05, 0) is 57.1 Å². The molecule has 1 saturated carbocycles. The molecule has 2 amide bonds. The highest BCUT2D eigenvalue weighted by atomic mass is 32.2. The Labute approximate surface area is 189 Å². The van der Waals surface area contributed by atoms with E-state index >= 15 is 0 Å². The van der Waals surface area contributed by atoms with Gasteiger partial charge >= 0.3 is 0 Å². The Balaban J connectivity index is 1.51. The van der Waals surface area contributed by atoms with Crippen LogP contribution in [-0.2, 0) is 4.79 Å². The van der Waals surface area contributed by atoms with Gasteiger partial charge in [0.05, 0.1) is 23.6 Å². The normalized spacial score (nSPS) is 15.6. The molecule has 1 heterocycles. The Kier molecular flexibility index (Phi) is 9.03. The van der Waals surface area contributed by atoms with Crippen LogP contribution < -0.4 is 10.6 Å². The van der Waals surface area contributed by atoms with E-state index in [4.69, 9.17) is 4.42 Å². The summed E-state index contributed by atoms with van der Waals surface area (Å²) in [6.07, 6.45) is 7.92. The predicted molar refractivity (Wildman–Crippen MR) is 124 cm³/mol. The zero-order valence-electron chi connectivity index (χ0n) is 18.4. The second-order valence-corrected chi connectivity index (χ2v) is 9.31. The second-order valence-electron chi connectivity index (χ2n) is 8.30. The average molecular weight is 444 g/mol. The van der Waals surface area contributed by atoms with Crippen molar-refractivity contribution >= 4 is 23.6 Å². The molecule has 1 aromatic heterocycles. The van der Waals surface area contributed by atoms with E-state index in [1.54, 1.807) is 12.3 Å². The number of thioether (sulfide) groups is 1. The van der Waals surface area contributed by atoms with E-state index in [2.05, 4.69) is 10.6 Å². The smallest absolute Gasteiger partial charge is 0.252 e. The maximum Gasteiger partial charge on any atom is 0.252 e. The predicted octanol–water partition coefficient (Wildman–Crippen LogP) is 4.10. The molecule has 0 spiro atoms.